The van der Waals surface area contributed by atoms with Crippen molar-refractivity contribution in [1.29, 1.82) is 0 Å². The molecule has 0 spiro atoms. The maximum Gasteiger partial charge on any atom is 0.223 e. The number of hydrogen-bond donors (Lipinski definition) is 1. The lowest BCUT2D eigenvalue weighted by molar-refractivity contribution is -0.121. The third-order valence-corrected chi connectivity index (χ3v) is 3.48. The van der Waals surface area contributed by atoms with Crippen LogP contribution in [-0.2, 0) is 11.3 Å². The number of carbonyl (C=O) groups is 1. The van der Waals surface area contributed by atoms with E-state index in [1.54, 1.807) is 12.1 Å². The zero-order chi connectivity index (χ0) is 16.5. The predicted octanol–water partition coefficient (Wildman–Crippen LogP) is 3.82. The van der Waals surface area contributed by atoms with Crippen molar-refractivity contribution in [2.24, 2.45) is 0 Å². The molecule has 1 amide bonds. The Morgan fingerprint density at radius 3 is 2.48 bits per heavy atom. The first-order valence-electron chi connectivity index (χ1n) is 7.55. The van der Waals surface area contributed by atoms with Crippen LogP contribution in [0.15, 0.2) is 48.5 Å². The van der Waals surface area contributed by atoms with Gasteiger partial charge in [-0.05, 0) is 25.1 Å². The van der Waals surface area contributed by atoms with Gasteiger partial charge in [-0.2, -0.15) is 0 Å². The molecule has 2 aromatic rings. The number of amides is 1. The van der Waals surface area contributed by atoms with E-state index >= 15 is 0 Å². The predicted molar refractivity (Wildman–Crippen MR) is 91.0 cm³/mol. The molecule has 2 aromatic carbocycles. The van der Waals surface area contributed by atoms with Crippen LogP contribution >= 0.6 is 11.6 Å². The van der Waals surface area contributed by atoms with Crippen molar-refractivity contribution in [3.63, 3.8) is 0 Å². The molecule has 1 N–H and O–H groups in total. The third-order valence-electron chi connectivity index (χ3n) is 3.17. The Hall–Kier alpha value is -2.20. The molecule has 0 aliphatic rings. The number of halogens is 1. The molecular formula is C18H20ClNO3. The second kappa shape index (κ2) is 9.06. The summed E-state index contributed by atoms with van der Waals surface area (Å²) in [7, 11) is 0. The molecule has 0 saturated carbocycles. The van der Waals surface area contributed by atoms with Crippen LogP contribution in [0, 0.1) is 0 Å². The Morgan fingerprint density at radius 1 is 1.04 bits per heavy atom. The minimum atomic E-state index is -0.0802. The molecule has 2 rings (SSSR count). The lowest BCUT2D eigenvalue weighted by Crippen LogP contribution is -2.24. The zero-order valence-electron chi connectivity index (χ0n) is 13.0. The van der Waals surface area contributed by atoms with Gasteiger partial charge in [-0.1, -0.05) is 41.9 Å². The van der Waals surface area contributed by atoms with Crippen LogP contribution in [-0.4, -0.2) is 19.1 Å². The van der Waals surface area contributed by atoms with E-state index < -0.39 is 0 Å². The second-order valence-corrected chi connectivity index (χ2v) is 5.25. The monoisotopic (exact) mass is 333 g/mol. The molecule has 5 heteroatoms. The molecule has 4 nitrogen and oxygen atoms in total. The molecule has 0 saturated heterocycles. The zero-order valence-corrected chi connectivity index (χ0v) is 13.8. The number of rotatable bonds is 8. The third kappa shape index (κ3) is 5.49. The lowest BCUT2D eigenvalue weighted by atomic mass is 10.2. The molecule has 0 aliphatic carbocycles. The second-order valence-electron chi connectivity index (χ2n) is 4.85. The van der Waals surface area contributed by atoms with Crippen LogP contribution in [0.25, 0.3) is 0 Å². The lowest BCUT2D eigenvalue weighted by Gasteiger charge is -2.11. The molecule has 23 heavy (non-hydrogen) atoms. The summed E-state index contributed by atoms with van der Waals surface area (Å²) in [5.74, 6) is 1.30. The van der Waals surface area contributed by atoms with Crippen molar-refractivity contribution in [3.8, 4) is 11.5 Å². The Morgan fingerprint density at radius 2 is 1.74 bits per heavy atom. The van der Waals surface area contributed by atoms with Crippen LogP contribution in [0.5, 0.6) is 11.5 Å². The largest absolute Gasteiger partial charge is 0.494 e. The van der Waals surface area contributed by atoms with Gasteiger partial charge in [-0.3, -0.25) is 4.79 Å². The van der Waals surface area contributed by atoms with Crippen molar-refractivity contribution in [2.45, 2.75) is 19.9 Å². The molecule has 0 unspecified atom stereocenters. The quantitative estimate of drug-likeness (QED) is 0.798. The smallest absolute Gasteiger partial charge is 0.223 e. The van der Waals surface area contributed by atoms with Gasteiger partial charge >= 0.3 is 0 Å². The van der Waals surface area contributed by atoms with Crippen LogP contribution in [0.3, 0.4) is 0 Å². The van der Waals surface area contributed by atoms with E-state index in [1.165, 1.54) is 0 Å². The van der Waals surface area contributed by atoms with Gasteiger partial charge in [0, 0.05) is 12.1 Å². The van der Waals surface area contributed by atoms with Crippen molar-refractivity contribution in [3.05, 3.63) is 59.1 Å². The highest BCUT2D eigenvalue weighted by Crippen LogP contribution is 2.23. The summed E-state index contributed by atoms with van der Waals surface area (Å²) in [6.45, 7) is 3.24. The van der Waals surface area contributed by atoms with E-state index in [4.69, 9.17) is 21.1 Å². The van der Waals surface area contributed by atoms with Gasteiger partial charge < -0.3 is 14.8 Å². The number of carbonyl (C=O) groups excluding carboxylic acids is 1. The number of benzene rings is 2. The molecular weight excluding hydrogens is 314 g/mol. The fraction of sp³-hybridized carbons (Fsp3) is 0.278. The molecule has 0 atom stereocenters. The van der Waals surface area contributed by atoms with E-state index in [2.05, 4.69) is 5.32 Å². The minimum Gasteiger partial charge on any atom is -0.494 e. The maximum atomic E-state index is 11.9. The summed E-state index contributed by atoms with van der Waals surface area (Å²) >= 11 is 5.99. The van der Waals surface area contributed by atoms with E-state index in [-0.39, 0.29) is 18.9 Å². The van der Waals surface area contributed by atoms with Gasteiger partial charge in [-0.15, -0.1) is 0 Å². The van der Waals surface area contributed by atoms with Crippen molar-refractivity contribution < 1.29 is 14.3 Å². The van der Waals surface area contributed by atoms with Gasteiger partial charge in [0.25, 0.3) is 0 Å². The Balaban J connectivity index is 1.76. The summed E-state index contributed by atoms with van der Waals surface area (Å²) in [6.07, 6.45) is 0.266. The van der Waals surface area contributed by atoms with Crippen LogP contribution in [0.2, 0.25) is 5.02 Å². The Kier molecular flexibility index (Phi) is 6.76. The summed E-state index contributed by atoms with van der Waals surface area (Å²) in [4.78, 5) is 11.9. The van der Waals surface area contributed by atoms with E-state index in [1.807, 2.05) is 43.3 Å². The van der Waals surface area contributed by atoms with Gasteiger partial charge in [0.1, 0.15) is 11.5 Å². The molecule has 0 fully saturated rings. The highest BCUT2D eigenvalue weighted by Gasteiger charge is 2.06. The van der Waals surface area contributed by atoms with Crippen LogP contribution in [0.4, 0.5) is 0 Å². The van der Waals surface area contributed by atoms with Crippen molar-refractivity contribution in [1.82, 2.24) is 5.32 Å². The number of para-hydroxylation sites is 2. The first-order chi connectivity index (χ1) is 11.2. The fourth-order valence-corrected chi connectivity index (χ4v) is 2.23. The highest BCUT2D eigenvalue weighted by atomic mass is 35.5. The van der Waals surface area contributed by atoms with Crippen molar-refractivity contribution in [2.75, 3.05) is 13.2 Å². The summed E-state index contributed by atoms with van der Waals surface area (Å²) in [5.41, 5.74) is 0.953. The molecule has 0 aliphatic heterocycles. The van der Waals surface area contributed by atoms with Crippen molar-refractivity contribution >= 4 is 17.5 Å². The number of hydrogen-bond acceptors (Lipinski definition) is 3. The Labute approximate surface area is 141 Å². The molecule has 122 valence electrons. The van der Waals surface area contributed by atoms with E-state index in [9.17, 15) is 4.79 Å². The van der Waals surface area contributed by atoms with Gasteiger partial charge in [0.15, 0.2) is 0 Å². The maximum absolute atomic E-state index is 11.9. The summed E-state index contributed by atoms with van der Waals surface area (Å²) in [6, 6.07) is 14.9. The first kappa shape index (κ1) is 17.2. The molecule has 0 bridgehead atoms. The molecule has 0 radical (unpaired) electrons. The standard InChI is InChI=1S/C18H20ClNO3/c1-2-22-16-9-5-3-7-14(16)13-20-18(21)11-12-23-17-10-6-4-8-15(17)19/h3-10H,2,11-13H2,1H3,(H,20,21). The average molecular weight is 334 g/mol. The Bertz CT molecular complexity index is 646. The highest BCUT2D eigenvalue weighted by molar-refractivity contribution is 6.32. The van der Waals surface area contributed by atoms with E-state index in [0.29, 0.717) is 23.9 Å². The average Bonchev–Trinajstić information content (AvgIpc) is 2.56. The summed E-state index contributed by atoms with van der Waals surface area (Å²) in [5, 5.41) is 3.41. The SMILES string of the molecule is CCOc1ccccc1CNC(=O)CCOc1ccccc1Cl. The number of nitrogens with one attached hydrogen (secondary N) is 1. The van der Waals surface area contributed by atoms with Gasteiger partial charge in [0.2, 0.25) is 5.91 Å². The first-order valence-corrected chi connectivity index (χ1v) is 7.93. The van der Waals surface area contributed by atoms with Crippen LogP contribution in [0.1, 0.15) is 18.9 Å². The van der Waals surface area contributed by atoms with Gasteiger partial charge in [-0.25, -0.2) is 0 Å². The normalized spacial score (nSPS) is 10.2. The van der Waals surface area contributed by atoms with Gasteiger partial charge in [0.05, 0.1) is 24.7 Å². The molecule has 0 heterocycles. The van der Waals surface area contributed by atoms with E-state index in [0.717, 1.165) is 11.3 Å². The molecule has 0 aromatic heterocycles. The topological polar surface area (TPSA) is 47.6 Å². The fourth-order valence-electron chi connectivity index (χ4n) is 2.04. The number of ether oxygens (including phenoxy) is 2. The minimum absolute atomic E-state index is 0.0802. The van der Waals surface area contributed by atoms with Crippen LogP contribution < -0.4 is 14.8 Å². The summed E-state index contributed by atoms with van der Waals surface area (Å²) < 4.78 is 11.0.